The lowest BCUT2D eigenvalue weighted by molar-refractivity contribution is 0.0525. The number of halogens is 1. The molecule has 94 valence electrons. The molecule has 0 saturated heterocycles. The van der Waals surface area contributed by atoms with Gasteiger partial charge in [0.25, 0.3) is 0 Å². The van der Waals surface area contributed by atoms with E-state index in [4.69, 9.17) is 4.74 Å². The van der Waals surface area contributed by atoms with Gasteiger partial charge in [-0.3, -0.25) is 4.68 Å². The number of nitrogens with zero attached hydrogens (tertiary/aromatic N) is 2. The summed E-state index contributed by atoms with van der Waals surface area (Å²) in [7, 11) is 0. The lowest BCUT2D eigenvalue weighted by atomic mass is 10.1. The minimum Gasteiger partial charge on any atom is -0.462 e. The van der Waals surface area contributed by atoms with Crippen molar-refractivity contribution >= 4 is 28.6 Å². The monoisotopic (exact) mass is 356 g/mol. The first kappa shape index (κ1) is 13.1. The molecule has 5 heteroatoms. The highest BCUT2D eigenvalue weighted by Crippen LogP contribution is 2.12. The van der Waals surface area contributed by atoms with Crippen LogP contribution in [-0.4, -0.2) is 22.4 Å². The Labute approximate surface area is 119 Å². The summed E-state index contributed by atoms with van der Waals surface area (Å²) < 4.78 is 7.92. The highest BCUT2D eigenvalue weighted by atomic mass is 127. The maximum Gasteiger partial charge on any atom is 0.338 e. The van der Waals surface area contributed by atoms with Crippen LogP contribution >= 0.6 is 22.6 Å². The standard InChI is InChI=1S/C13H13IN2O2/c1-2-18-13(17)12-6-4-3-5-10(12)8-16-9-11(14)7-15-16/h3-7,9H,2,8H2,1H3. The lowest BCUT2D eigenvalue weighted by Gasteiger charge is -2.08. The predicted octanol–water partition coefficient (Wildman–Crippen LogP) is 2.71. The summed E-state index contributed by atoms with van der Waals surface area (Å²) in [5.74, 6) is -0.282. The Morgan fingerprint density at radius 3 is 2.89 bits per heavy atom. The first-order valence-corrected chi connectivity index (χ1v) is 6.71. The number of hydrogen-bond donors (Lipinski definition) is 0. The van der Waals surface area contributed by atoms with Gasteiger partial charge in [-0.05, 0) is 41.1 Å². The summed E-state index contributed by atoms with van der Waals surface area (Å²) in [6.07, 6.45) is 3.72. The van der Waals surface area contributed by atoms with Crippen molar-refractivity contribution < 1.29 is 9.53 Å². The zero-order valence-electron chi connectivity index (χ0n) is 9.97. The second kappa shape index (κ2) is 5.99. The number of rotatable bonds is 4. The summed E-state index contributed by atoms with van der Waals surface area (Å²) in [6, 6.07) is 7.44. The van der Waals surface area contributed by atoms with Crippen LogP contribution < -0.4 is 0 Å². The van der Waals surface area contributed by atoms with Crippen molar-refractivity contribution in [2.24, 2.45) is 0 Å². The Hall–Kier alpha value is -1.37. The molecule has 0 unspecified atom stereocenters. The highest BCUT2D eigenvalue weighted by molar-refractivity contribution is 14.1. The largest absolute Gasteiger partial charge is 0.462 e. The molecule has 0 aliphatic rings. The van der Waals surface area contributed by atoms with Crippen LogP contribution in [0.25, 0.3) is 0 Å². The molecule has 0 fully saturated rings. The van der Waals surface area contributed by atoms with Gasteiger partial charge in [-0.25, -0.2) is 4.79 Å². The van der Waals surface area contributed by atoms with Crippen LogP contribution in [0.2, 0.25) is 0 Å². The van der Waals surface area contributed by atoms with E-state index >= 15 is 0 Å². The molecule has 2 rings (SSSR count). The molecule has 0 amide bonds. The van der Waals surface area contributed by atoms with Crippen molar-refractivity contribution in [3.63, 3.8) is 0 Å². The van der Waals surface area contributed by atoms with E-state index in [0.717, 1.165) is 9.13 Å². The van der Waals surface area contributed by atoms with Crippen LogP contribution in [0.4, 0.5) is 0 Å². The quantitative estimate of drug-likeness (QED) is 0.625. The van der Waals surface area contributed by atoms with Crippen LogP contribution in [0.5, 0.6) is 0 Å². The van der Waals surface area contributed by atoms with Crippen LogP contribution in [0, 0.1) is 3.57 Å². The lowest BCUT2D eigenvalue weighted by Crippen LogP contribution is -2.10. The second-order valence-electron chi connectivity index (χ2n) is 3.73. The van der Waals surface area contributed by atoms with Gasteiger partial charge >= 0.3 is 5.97 Å². The molecule has 0 saturated carbocycles. The Balaban J connectivity index is 2.24. The molecule has 0 radical (unpaired) electrons. The smallest absolute Gasteiger partial charge is 0.338 e. The molecule has 0 spiro atoms. The maximum atomic E-state index is 11.8. The fraction of sp³-hybridized carbons (Fsp3) is 0.231. The van der Waals surface area contributed by atoms with Crippen LogP contribution in [-0.2, 0) is 11.3 Å². The van der Waals surface area contributed by atoms with Crippen molar-refractivity contribution in [3.05, 3.63) is 51.4 Å². The van der Waals surface area contributed by atoms with Crippen molar-refractivity contribution in [2.45, 2.75) is 13.5 Å². The summed E-state index contributed by atoms with van der Waals surface area (Å²) in [5.41, 5.74) is 1.51. The average Bonchev–Trinajstić information content (AvgIpc) is 2.76. The molecule has 0 atom stereocenters. The van der Waals surface area contributed by atoms with Gasteiger partial charge in [-0.1, -0.05) is 18.2 Å². The van der Waals surface area contributed by atoms with Gasteiger partial charge in [0, 0.05) is 6.20 Å². The zero-order chi connectivity index (χ0) is 13.0. The molecule has 1 heterocycles. The minimum absolute atomic E-state index is 0.282. The van der Waals surface area contributed by atoms with Gasteiger partial charge in [-0.2, -0.15) is 5.10 Å². The Morgan fingerprint density at radius 1 is 1.44 bits per heavy atom. The van der Waals surface area contributed by atoms with E-state index < -0.39 is 0 Å². The molecule has 0 aliphatic carbocycles. The molecule has 0 aliphatic heterocycles. The van der Waals surface area contributed by atoms with Crippen LogP contribution in [0.15, 0.2) is 36.7 Å². The van der Waals surface area contributed by atoms with Gasteiger partial charge < -0.3 is 4.74 Å². The fourth-order valence-electron chi connectivity index (χ4n) is 1.67. The van der Waals surface area contributed by atoms with E-state index in [1.54, 1.807) is 23.9 Å². The number of benzene rings is 1. The number of esters is 1. The van der Waals surface area contributed by atoms with Crippen molar-refractivity contribution in [1.82, 2.24) is 9.78 Å². The predicted molar refractivity (Wildman–Crippen MR) is 76.4 cm³/mol. The molecule has 1 aromatic heterocycles. The third kappa shape index (κ3) is 3.10. The topological polar surface area (TPSA) is 44.1 Å². The fourth-order valence-corrected chi connectivity index (χ4v) is 2.11. The summed E-state index contributed by atoms with van der Waals surface area (Å²) in [5, 5.41) is 4.21. The minimum atomic E-state index is -0.282. The summed E-state index contributed by atoms with van der Waals surface area (Å²) >= 11 is 2.20. The van der Waals surface area contributed by atoms with Crippen molar-refractivity contribution in [1.29, 1.82) is 0 Å². The number of aromatic nitrogens is 2. The van der Waals surface area contributed by atoms with Gasteiger partial charge in [-0.15, -0.1) is 0 Å². The molecular weight excluding hydrogens is 343 g/mol. The van der Waals surface area contributed by atoms with E-state index in [9.17, 15) is 4.79 Å². The summed E-state index contributed by atoms with van der Waals surface area (Å²) in [6.45, 7) is 2.75. The van der Waals surface area contributed by atoms with E-state index in [2.05, 4.69) is 27.7 Å². The Kier molecular flexibility index (Phi) is 4.35. The van der Waals surface area contributed by atoms with Crippen LogP contribution in [0.3, 0.4) is 0 Å². The van der Waals surface area contributed by atoms with E-state index in [-0.39, 0.29) is 5.97 Å². The van der Waals surface area contributed by atoms with E-state index in [1.165, 1.54) is 0 Å². The first-order valence-electron chi connectivity index (χ1n) is 5.63. The van der Waals surface area contributed by atoms with Crippen molar-refractivity contribution in [3.8, 4) is 0 Å². The van der Waals surface area contributed by atoms with Gasteiger partial charge in [0.1, 0.15) is 0 Å². The third-order valence-electron chi connectivity index (χ3n) is 2.45. The van der Waals surface area contributed by atoms with Gasteiger partial charge in [0.15, 0.2) is 0 Å². The second-order valence-corrected chi connectivity index (χ2v) is 4.98. The van der Waals surface area contributed by atoms with Crippen LogP contribution in [0.1, 0.15) is 22.8 Å². The Morgan fingerprint density at radius 2 is 2.22 bits per heavy atom. The van der Waals surface area contributed by atoms with Crippen molar-refractivity contribution in [2.75, 3.05) is 6.61 Å². The molecule has 0 bridgehead atoms. The molecule has 1 aromatic carbocycles. The zero-order valence-corrected chi connectivity index (χ0v) is 12.1. The van der Waals surface area contributed by atoms with Gasteiger partial charge in [0.05, 0.1) is 28.5 Å². The molecule has 18 heavy (non-hydrogen) atoms. The Bertz CT molecular complexity index is 551. The maximum absolute atomic E-state index is 11.8. The first-order chi connectivity index (χ1) is 8.70. The molecule has 0 N–H and O–H groups in total. The normalized spacial score (nSPS) is 10.3. The SMILES string of the molecule is CCOC(=O)c1ccccc1Cn1cc(I)cn1. The molecular formula is C13H13IN2O2. The van der Waals surface area contributed by atoms with E-state index in [1.807, 2.05) is 24.4 Å². The number of hydrogen-bond acceptors (Lipinski definition) is 3. The number of carbonyl (C=O) groups is 1. The molecule has 4 nitrogen and oxygen atoms in total. The average molecular weight is 356 g/mol. The highest BCUT2D eigenvalue weighted by Gasteiger charge is 2.12. The van der Waals surface area contributed by atoms with Gasteiger partial charge in [0.2, 0.25) is 0 Å². The number of carbonyl (C=O) groups excluding carboxylic acids is 1. The summed E-state index contributed by atoms with van der Waals surface area (Å²) in [4.78, 5) is 11.8. The number of ether oxygens (including phenoxy) is 1. The van der Waals surface area contributed by atoms with E-state index in [0.29, 0.717) is 18.7 Å². The molecule has 2 aromatic rings. The third-order valence-corrected chi connectivity index (χ3v) is 3.00.